The summed E-state index contributed by atoms with van der Waals surface area (Å²) in [5.74, 6) is 0. The molecule has 0 bridgehead atoms. The van der Waals surface area contributed by atoms with Gasteiger partial charge in [0.25, 0.3) is 0 Å². The maximum absolute atomic E-state index is 4.48. The summed E-state index contributed by atoms with van der Waals surface area (Å²) >= 11 is 0. The predicted octanol–water partition coefficient (Wildman–Crippen LogP) is 5.64. The average molecular weight is 494 g/mol. The quantitative estimate of drug-likeness (QED) is 0.481. The molecular weight excluding hydrogens is 463 g/mol. The van der Waals surface area contributed by atoms with E-state index in [2.05, 4.69) is 75.8 Å². The van der Waals surface area contributed by atoms with Gasteiger partial charge in [-0.2, -0.15) is 0 Å². The molecule has 0 aromatic carbocycles. The van der Waals surface area contributed by atoms with Crippen LogP contribution in [0.25, 0.3) is 11.4 Å². The van der Waals surface area contributed by atoms with Gasteiger partial charge in [-0.05, 0) is 46.2 Å². The van der Waals surface area contributed by atoms with Crippen LogP contribution in [0.4, 0.5) is 0 Å². The molecule has 0 radical (unpaired) electrons. The predicted molar refractivity (Wildman–Crippen MR) is 97.7 cm³/mol. The van der Waals surface area contributed by atoms with Crippen molar-refractivity contribution < 1.29 is 21.1 Å². The minimum Gasteiger partial charge on any atom is -0.358 e. The molecule has 3 heteroatoms. The summed E-state index contributed by atoms with van der Waals surface area (Å²) < 4.78 is 0. The van der Waals surface area contributed by atoms with Gasteiger partial charge in [0, 0.05) is 12.4 Å². The molecule has 0 spiro atoms. The van der Waals surface area contributed by atoms with E-state index >= 15 is 0 Å². The van der Waals surface area contributed by atoms with Crippen molar-refractivity contribution in [3.63, 3.8) is 0 Å². The maximum atomic E-state index is 4.48. The van der Waals surface area contributed by atoms with Crippen LogP contribution in [-0.2, 0) is 31.9 Å². The number of rotatable bonds is 1. The van der Waals surface area contributed by atoms with Crippen molar-refractivity contribution in [2.45, 2.75) is 52.4 Å². The van der Waals surface area contributed by atoms with Crippen molar-refractivity contribution in [1.82, 2.24) is 9.97 Å². The smallest absolute Gasteiger partial charge is 0.358 e. The Hall–Kier alpha value is -1.01. The van der Waals surface area contributed by atoms with Gasteiger partial charge in [-0.25, -0.2) is 0 Å². The fraction of sp³-hybridized carbons (Fsp3) is 0.400. The third-order valence-corrected chi connectivity index (χ3v) is 3.51. The van der Waals surface area contributed by atoms with E-state index in [-0.39, 0.29) is 46.7 Å². The van der Waals surface area contributed by atoms with Crippen LogP contribution >= 0.6 is 0 Å². The molecule has 0 atom stereocenters. The minimum absolute atomic E-state index is 0. The summed E-state index contributed by atoms with van der Waals surface area (Å²) in [4.78, 5) is 8.97. The molecule has 0 N–H and O–H groups in total. The van der Waals surface area contributed by atoms with Crippen LogP contribution < -0.4 is 0 Å². The van der Waals surface area contributed by atoms with Gasteiger partial charge in [-0.3, -0.25) is 9.97 Å². The van der Waals surface area contributed by atoms with Crippen LogP contribution in [0.3, 0.4) is 0 Å². The van der Waals surface area contributed by atoms with Gasteiger partial charge in [0.2, 0.25) is 0 Å². The first-order valence-corrected chi connectivity index (χ1v) is 7.11. The third kappa shape index (κ3) is 6.18. The molecule has 2 nitrogen and oxygen atoms in total. The van der Waals surface area contributed by atoms with Crippen molar-refractivity contribution >= 4 is 0 Å². The molecule has 2 heterocycles. The second kappa shape index (κ2) is 8.73. The Labute approximate surface area is 157 Å². The topological polar surface area (TPSA) is 25.8 Å². The second-order valence-corrected chi connectivity index (χ2v) is 7.36. The summed E-state index contributed by atoms with van der Waals surface area (Å²) in [6.07, 6.45) is 3.75. The minimum atomic E-state index is 0. The third-order valence-electron chi connectivity index (χ3n) is 3.51. The molecule has 0 saturated carbocycles. The maximum Gasteiger partial charge on any atom is 4.00 e. The average Bonchev–Trinajstić information content (AvgIpc) is 2.37. The van der Waals surface area contributed by atoms with Gasteiger partial charge < -0.3 is 14.9 Å². The fourth-order valence-corrected chi connectivity index (χ4v) is 2.07. The molecule has 0 saturated heterocycles. The molecule has 128 valence electrons. The molecule has 0 unspecified atom stereocenters. The van der Waals surface area contributed by atoms with E-state index in [1.807, 2.05) is 12.4 Å². The Morgan fingerprint density at radius 3 is 1.22 bits per heavy atom. The van der Waals surface area contributed by atoms with Crippen LogP contribution in [0.5, 0.6) is 0 Å². The summed E-state index contributed by atoms with van der Waals surface area (Å²) in [6, 6.07) is 8.46. The molecule has 0 amide bonds. The molecule has 23 heavy (non-hydrogen) atoms. The summed E-state index contributed by atoms with van der Waals surface area (Å²) in [7, 11) is 0. The Morgan fingerprint density at radius 1 is 0.652 bits per heavy atom. The molecular formula is C20H30N2Pt+2. The number of aromatic nitrogens is 2. The molecule has 0 aliphatic rings. The Balaban J connectivity index is 0. The number of hydrogen-bond acceptors (Lipinski definition) is 2. The molecule has 2 aromatic rings. The largest absolute Gasteiger partial charge is 4.00 e. The summed E-state index contributed by atoms with van der Waals surface area (Å²) in [5, 5.41) is 0. The van der Waals surface area contributed by atoms with Crippen molar-refractivity contribution in [3.05, 3.63) is 62.6 Å². The van der Waals surface area contributed by atoms with Crippen molar-refractivity contribution in [2.75, 3.05) is 0 Å². The van der Waals surface area contributed by atoms with E-state index in [9.17, 15) is 0 Å². The zero-order valence-electron chi connectivity index (χ0n) is 15.7. The Bertz CT molecular complexity index is 552. The van der Waals surface area contributed by atoms with Crippen LogP contribution in [0.15, 0.2) is 36.7 Å². The van der Waals surface area contributed by atoms with Crippen LogP contribution in [0.2, 0.25) is 0 Å². The molecule has 0 aliphatic carbocycles. The molecule has 0 fully saturated rings. The SMILES string of the molecule is CC(C)(C)c1ccnc(-c2cc(C(C)(C)C)ccn2)c1.[CH3-].[CH3-].[Pt+4]. The monoisotopic (exact) mass is 493 g/mol. The van der Waals surface area contributed by atoms with Gasteiger partial charge in [0.15, 0.2) is 0 Å². The van der Waals surface area contributed by atoms with Crippen molar-refractivity contribution in [3.8, 4) is 11.4 Å². The van der Waals surface area contributed by atoms with Gasteiger partial charge in [0.05, 0.1) is 11.4 Å². The van der Waals surface area contributed by atoms with Gasteiger partial charge in [-0.15, -0.1) is 0 Å². The normalized spacial score (nSPS) is 10.9. The molecule has 2 rings (SSSR count). The second-order valence-electron chi connectivity index (χ2n) is 7.36. The van der Waals surface area contributed by atoms with E-state index in [4.69, 9.17) is 0 Å². The number of hydrogen-bond donors (Lipinski definition) is 0. The summed E-state index contributed by atoms with van der Waals surface area (Å²) in [6.45, 7) is 13.3. The van der Waals surface area contributed by atoms with E-state index in [0.29, 0.717) is 0 Å². The fourth-order valence-electron chi connectivity index (χ4n) is 2.07. The molecule has 2 aromatic heterocycles. The first-order valence-electron chi connectivity index (χ1n) is 7.11. The van der Waals surface area contributed by atoms with Gasteiger partial charge >= 0.3 is 21.1 Å². The Morgan fingerprint density at radius 2 is 0.957 bits per heavy atom. The van der Waals surface area contributed by atoms with Crippen molar-refractivity contribution in [1.29, 1.82) is 0 Å². The van der Waals surface area contributed by atoms with Gasteiger partial charge in [-0.1, -0.05) is 41.5 Å². The first kappa shape index (κ1) is 24.2. The van der Waals surface area contributed by atoms with E-state index in [1.54, 1.807) is 0 Å². The van der Waals surface area contributed by atoms with E-state index in [0.717, 1.165) is 11.4 Å². The van der Waals surface area contributed by atoms with E-state index < -0.39 is 0 Å². The van der Waals surface area contributed by atoms with E-state index in [1.165, 1.54) is 11.1 Å². The Kier molecular flexibility index (Phi) is 9.20. The number of nitrogens with zero attached hydrogens (tertiary/aromatic N) is 2. The molecule has 0 aliphatic heterocycles. The van der Waals surface area contributed by atoms with Crippen LogP contribution in [0.1, 0.15) is 52.7 Å². The van der Waals surface area contributed by atoms with Crippen molar-refractivity contribution in [2.24, 2.45) is 0 Å². The summed E-state index contributed by atoms with van der Waals surface area (Å²) in [5.41, 5.74) is 4.71. The zero-order valence-corrected chi connectivity index (χ0v) is 17.9. The van der Waals surface area contributed by atoms with Gasteiger partial charge in [0.1, 0.15) is 0 Å². The number of pyridine rings is 2. The van der Waals surface area contributed by atoms with Crippen LogP contribution in [0, 0.1) is 14.9 Å². The van der Waals surface area contributed by atoms with Crippen LogP contribution in [-0.4, -0.2) is 9.97 Å². The standard InChI is InChI=1S/C18H24N2.2CH3.Pt/c1-17(2,3)13-7-9-19-15(11-13)16-12-14(8-10-20-16)18(4,5)6;;;/h7-12H,1-6H3;2*1H3;/q;2*-1;+4. The first-order chi connectivity index (χ1) is 9.18. The zero-order chi connectivity index (χ0) is 15.0.